The molecule has 2 fully saturated rings. The van der Waals surface area contributed by atoms with Crippen molar-refractivity contribution in [2.75, 3.05) is 26.7 Å². The summed E-state index contributed by atoms with van der Waals surface area (Å²) in [7, 11) is 2.22. The van der Waals surface area contributed by atoms with E-state index in [9.17, 15) is 4.79 Å². The van der Waals surface area contributed by atoms with E-state index in [1.165, 1.54) is 30.7 Å². The van der Waals surface area contributed by atoms with E-state index in [2.05, 4.69) is 16.9 Å². The van der Waals surface area contributed by atoms with Gasteiger partial charge in [0.15, 0.2) is 0 Å². The maximum atomic E-state index is 12.3. The predicted molar refractivity (Wildman–Crippen MR) is 71.8 cm³/mol. The second kappa shape index (κ2) is 4.97. The minimum atomic E-state index is 0.114. The summed E-state index contributed by atoms with van der Waals surface area (Å²) in [5.41, 5.74) is 2.34. The van der Waals surface area contributed by atoms with Crippen molar-refractivity contribution in [2.24, 2.45) is 5.92 Å². The Kier molecular flexibility index (Phi) is 3.35. The van der Waals surface area contributed by atoms with Gasteiger partial charge in [-0.05, 0) is 38.8 Å². The van der Waals surface area contributed by atoms with Crippen molar-refractivity contribution >= 4 is 17.2 Å². The zero-order chi connectivity index (χ0) is 12.5. The molecular weight excluding hydrogens is 246 g/mol. The highest BCUT2D eigenvalue weighted by Crippen LogP contribution is 2.30. The molecule has 0 bridgehead atoms. The molecule has 4 nitrogen and oxygen atoms in total. The third-order valence-electron chi connectivity index (χ3n) is 4.28. The van der Waals surface area contributed by atoms with E-state index in [1.54, 1.807) is 5.51 Å². The smallest absolute Gasteiger partial charge is 0.273 e. The Morgan fingerprint density at radius 1 is 1.44 bits per heavy atom. The summed E-state index contributed by atoms with van der Waals surface area (Å²) in [6.45, 7) is 2.99. The van der Waals surface area contributed by atoms with Crippen LogP contribution in [0.3, 0.4) is 0 Å². The van der Waals surface area contributed by atoms with Gasteiger partial charge in [-0.1, -0.05) is 0 Å². The average molecular weight is 265 g/mol. The Morgan fingerprint density at radius 3 is 3.11 bits per heavy atom. The first-order valence-electron chi connectivity index (χ1n) is 6.63. The number of hydrogen-bond donors (Lipinski definition) is 0. The molecule has 0 saturated carbocycles. The van der Waals surface area contributed by atoms with Gasteiger partial charge < -0.3 is 9.80 Å². The van der Waals surface area contributed by atoms with Gasteiger partial charge in [0.05, 0.1) is 5.51 Å². The monoisotopic (exact) mass is 265 g/mol. The number of likely N-dealkylation sites (tertiary alicyclic amines) is 2. The van der Waals surface area contributed by atoms with Crippen LogP contribution in [0, 0.1) is 5.92 Å². The van der Waals surface area contributed by atoms with E-state index in [4.69, 9.17) is 0 Å². The molecule has 1 aromatic rings. The number of thiazole rings is 1. The number of hydrogen-bond acceptors (Lipinski definition) is 4. The van der Waals surface area contributed by atoms with E-state index in [-0.39, 0.29) is 5.91 Å². The van der Waals surface area contributed by atoms with Gasteiger partial charge in [0, 0.05) is 24.5 Å². The van der Waals surface area contributed by atoms with Gasteiger partial charge in [0.1, 0.15) is 5.69 Å². The van der Waals surface area contributed by atoms with Crippen molar-refractivity contribution in [2.45, 2.75) is 25.3 Å². The molecule has 1 aromatic heterocycles. The van der Waals surface area contributed by atoms with Crippen molar-refractivity contribution in [1.29, 1.82) is 0 Å². The van der Waals surface area contributed by atoms with Gasteiger partial charge in [-0.2, -0.15) is 0 Å². The molecule has 0 radical (unpaired) electrons. The molecular formula is C13H19N3OS. The van der Waals surface area contributed by atoms with Crippen LogP contribution in [0.1, 0.15) is 29.8 Å². The summed E-state index contributed by atoms with van der Waals surface area (Å²) in [6, 6.07) is 0.679. The lowest BCUT2D eigenvalue weighted by Gasteiger charge is -2.45. The van der Waals surface area contributed by atoms with Gasteiger partial charge in [-0.25, -0.2) is 4.98 Å². The molecule has 2 aliphatic heterocycles. The van der Waals surface area contributed by atoms with Gasteiger partial charge in [-0.3, -0.25) is 4.79 Å². The number of carbonyl (C=O) groups excluding carboxylic acids is 1. The number of amides is 1. The molecule has 2 aliphatic rings. The summed E-state index contributed by atoms with van der Waals surface area (Å²) in [6.07, 6.45) is 3.63. The van der Waals surface area contributed by atoms with Crippen molar-refractivity contribution in [3.63, 3.8) is 0 Å². The van der Waals surface area contributed by atoms with Crippen LogP contribution in [0.2, 0.25) is 0 Å². The number of aromatic nitrogens is 1. The Hall–Kier alpha value is -0.940. The first kappa shape index (κ1) is 12.1. The van der Waals surface area contributed by atoms with Crippen molar-refractivity contribution in [3.8, 4) is 0 Å². The first-order valence-corrected chi connectivity index (χ1v) is 7.57. The maximum Gasteiger partial charge on any atom is 0.273 e. The van der Waals surface area contributed by atoms with E-state index in [1.807, 2.05) is 10.3 Å². The predicted octanol–water partition coefficient (Wildman–Crippen LogP) is 1.70. The van der Waals surface area contributed by atoms with E-state index in [0.29, 0.717) is 17.7 Å². The second-order valence-electron chi connectivity index (χ2n) is 5.36. The largest absolute Gasteiger partial charge is 0.337 e. The van der Waals surface area contributed by atoms with Crippen LogP contribution >= 0.6 is 11.3 Å². The highest BCUT2D eigenvalue weighted by atomic mass is 32.1. The molecule has 3 heterocycles. The molecule has 0 aliphatic carbocycles. The normalized spacial score (nSPS) is 29.1. The van der Waals surface area contributed by atoms with Crippen molar-refractivity contribution < 1.29 is 4.79 Å². The molecule has 0 N–H and O–H groups in total. The summed E-state index contributed by atoms with van der Waals surface area (Å²) >= 11 is 1.49. The molecule has 18 heavy (non-hydrogen) atoms. The number of piperidine rings is 2. The zero-order valence-electron chi connectivity index (χ0n) is 10.7. The molecule has 0 spiro atoms. The molecule has 3 rings (SSSR count). The molecule has 98 valence electrons. The van der Waals surface area contributed by atoms with Crippen molar-refractivity contribution in [1.82, 2.24) is 14.8 Å². The van der Waals surface area contributed by atoms with E-state index in [0.717, 1.165) is 19.5 Å². The third-order valence-corrected chi connectivity index (χ3v) is 4.87. The summed E-state index contributed by atoms with van der Waals surface area (Å²) in [5, 5.41) is 1.85. The van der Waals surface area contributed by atoms with Crippen LogP contribution in [0.15, 0.2) is 10.9 Å². The number of fused-ring (bicyclic) bond motifs is 1. The molecule has 2 atom stereocenters. The number of nitrogens with zero attached hydrogens (tertiary/aromatic N) is 3. The Labute approximate surface area is 112 Å². The van der Waals surface area contributed by atoms with Crippen LogP contribution < -0.4 is 0 Å². The summed E-state index contributed by atoms with van der Waals surface area (Å²) in [4.78, 5) is 20.9. The van der Waals surface area contributed by atoms with Gasteiger partial charge in [0.2, 0.25) is 0 Å². The fraction of sp³-hybridized carbons (Fsp3) is 0.692. The lowest BCUT2D eigenvalue weighted by molar-refractivity contribution is 0.0314. The van der Waals surface area contributed by atoms with Crippen molar-refractivity contribution in [3.05, 3.63) is 16.6 Å². The Bertz CT molecular complexity index is 420. The maximum absolute atomic E-state index is 12.3. The van der Waals surface area contributed by atoms with Crippen LogP contribution in [0.25, 0.3) is 0 Å². The Balaban J connectivity index is 1.69. The highest BCUT2D eigenvalue weighted by molar-refractivity contribution is 7.07. The summed E-state index contributed by atoms with van der Waals surface area (Å²) < 4.78 is 0. The Morgan fingerprint density at radius 2 is 2.33 bits per heavy atom. The lowest BCUT2D eigenvalue weighted by atomic mass is 9.84. The second-order valence-corrected chi connectivity index (χ2v) is 6.08. The molecule has 2 saturated heterocycles. The van der Waals surface area contributed by atoms with Gasteiger partial charge in [-0.15, -0.1) is 11.3 Å². The molecule has 2 unspecified atom stereocenters. The van der Waals surface area contributed by atoms with Gasteiger partial charge >= 0.3 is 0 Å². The van der Waals surface area contributed by atoms with E-state index >= 15 is 0 Å². The van der Waals surface area contributed by atoms with Crippen LogP contribution in [0.4, 0.5) is 0 Å². The lowest BCUT2D eigenvalue weighted by Crippen LogP contribution is -2.53. The molecule has 5 heteroatoms. The van der Waals surface area contributed by atoms with Crippen LogP contribution in [-0.4, -0.2) is 53.4 Å². The van der Waals surface area contributed by atoms with Crippen LogP contribution in [0.5, 0.6) is 0 Å². The number of rotatable bonds is 1. The molecule has 0 aromatic carbocycles. The quantitative estimate of drug-likeness (QED) is 0.775. The fourth-order valence-corrected chi connectivity index (χ4v) is 3.84. The number of carbonyl (C=O) groups is 1. The topological polar surface area (TPSA) is 36.4 Å². The summed E-state index contributed by atoms with van der Waals surface area (Å²) in [5.74, 6) is 0.767. The van der Waals surface area contributed by atoms with Crippen LogP contribution in [-0.2, 0) is 0 Å². The minimum Gasteiger partial charge on any atom is -0.337 e. The third kappa shape index (κ3) is 2.17. The fourth-order valence-electron chi connectivity index (χ4n) is 3.32. The molecule has 1 amide bonds. The highest BCUT2D eigenvalue weighted by Gasteiger charge is 2.36. The standard InChI is InChI=1S/C13H19N3OS/c1-15-5-2-3-10-7-16(6-4-12(10)15)13(17)11-8-18-9-14-11/h8-10,12H,2-7H2,1H3. The first-order chi connectivity index (χ1) is 8.75. The van der Waals surface area contributed by atoms with Gasteiger partial charge in [0.25, 0.3) is 5.91 Å². The SMILES string of the molecule is CN1CCCC2CN(C(=O)c3cscn3)CCC21. The van der Waals surface area contributed by atoms with E-state index < -0.39 is 0 Å². The minimum absolute atomic E-state index is 0.114. The zero-order valence-corrected chi connectivity index (χ0v) is 11.5. The average Bonchev–Trinajstić information content (AvgIpc) is 2.91.